The van der Waals surface area contributed by atoms with E-state index in [1.807, 2.05) is 6.92 Å². The van der Waals surface area contributed by atoms with Crippen LogP contribution < -0.4 is 11.1 Å². The second kappa shape index (κ2) is 9.32. The van der Waals surface area contributed by atoms with Crippen molar-refractivity contribution < 1.29 is 24.2 Å². The molecule has 0 unspecified atom stereocenters. The van der Waals surface area contributed by atoms with Gasteiger partial charge in [0.25, 0.3) is 0 Å². The van der Waals surface area contributed by atoms with Gasteiger partial charge in [0.05, 0.1) is 13.2 Å². The minimum atomic E-state index is -1.19. The van der Waals surface area contributed by atoms with E-state index in [0.717, 1.165) is 12.8 Å². The molecule has 19 heavy (non-hydrogen) atoms. The molecule has 0 rings (SSSR count). The molecule has 0 aromatic carbocycles. The van der Waals surface area contributed by atoms with E-state index in [2.05, 4.69) is 10.1 Å². The molecule has 0 saturated carbocycles. The van der Waals surface area contributed by atoms with Crippen LogP contribution in [0.25, 0.3) is 0 Å². The van der Waals surface area contributed by atoms with Gasteiger partial charge in [-0.3, -0.25) is 9.59 Å². The van der Waals surface area contributed by atoms with Gasteiger partial charge >= 0.3 is 11.9 Å². The third-order valence-electron chi connectivity index (χ3n) is 2.68. The highest BCUT2D eigenvalue weighted by Gasteiger charge is 2.23. The van der Waals surface area contributed by atoms with E-state index in [4.69, 9.17) is 10.8 Å². The zero-order valence-electron chi connectivity index (χ0n) is 11.3. The van der Waals surface area contributed by atoms with Crippen molar-refractivity contribution in [2.45, 2.75) is 51.1 Å². The Morgan fingerprint density at radius 1 is 1.32 bits per heavy atom. The highest BCUT2D eigenvalue weighted by molar-refractivity contribution is 5.87. The van der Waals surface area contributed by atoms with Crippen molar-refractivity contribution >= 4 is 17.8 Å². The first kappa shape index (κ1) is 17.4. The van der Waals surface area contributed by atoms with Gasteiger partial charge in [0, 0.05) is 6.42 Å². The third-order valence-corrected chi connectivity index (χ3v) is 2.68. The molecule has 0 aromatic heterocycles. The lowest BCUT2D eigenvalue weighted by Crippen LogP contribution is -2.48. The SMILES string of the molecule is CCCC[C@H](N)C(=O)N[C@@H](CCC(=O)OC)C(=O)O. The summed E-state index contributed by atoms with van der Waals surface area (Å²) in [5.41, 5.74) is 5.64. The molecule has 0 spiro atoms. The molecule has 0 fully saturated rings. The van der Waals surface area contributed by atoms with Crippen LogP contribution in [0, 0.1) is 0 Å². The van der Waals surface area contributed by atoms with Crippen LogP contribution in [0.5, 0.6) is 0 Å². The van der Waals surface area contributed by atoms with Gasteiger partial charge in [-0.05, 0) is 12.8 Å². The van der Waals surface area contributed by atoms with Crippen LogP contribution in [0.4, 0.5) is 0 Å². The van der Waals surface area contributed by atoms with Crippen molar-refractivity contribution in [1.82, 2.24) is 5.32 Å². The zero-order chi connectivity index (χ0) is 14.8. The van der Waals surface area contributed by atoms with Crippen molar-refractivity contribution in [2.24, 2.45) is 5.73 Å². The number of rotatable bonds is 9. The van der Waals surface area contributed by atoms with E-state index in [9.17, 15) is 14.4 Å². The van der Waals surface area contributed by atoms with Gasteiger partial charge in [-0.2, -0.15) is 0 Å². The maximum atomic E-state index is 11.7. The quantitative estimate of drug-likeness (QED) is 0.510. The number of carbonyl (C=O) groups is 3. The smallest absolute Gasteiger partial charge is 0.326 e. The van der Waals surface area contributed by atoms with Crippen LogP contribution in [0.3, 0.4) is 0 Å². The fourth-order valence-corrected chi connectivity index (χ4v) is 1.46. The summed E-state index contributed by atoms with van der Waals surface area (Å²) in [5.74, 6) is -2.22. The fraction of sp³-hybridized carbons (Fsp3) is 0.750. The molecule has 0 saturated heterocycles. The highest BCUT2D eigenvalue weighted by Crippen LogP contribution is 2.02. The molecule has 0 bridgehead atoms. The van der Waals surface area contributed by atoms with Gasteiger partial charge in [-0.25, -0.2) is 4.79 Å². The monoisotopic (exact) mass is 274 g/mol. The van der Waals surface area contributed by atoms with Crippen LogP contribution >= 0.6 is 0 Å². The van der Waals surface area contributed by atoms with Gasteiger partial charge in [0.1, 0.15) is 6.04 Å². The first-order valence-electron chi connectivity index (χ1n) is 6.27. The zero-order valence-corrected chi connectivity index (χ0v) is 11.3. The first-order valence-corrected chi connectivity index (χ1v) is 6.27. The number of unbranched alkanes of at least 4 members (excludes halogenated alkanes) is 1. The Morgan fingerprint density at radius 3 is 2.42 bits per heavy atom. The van der Waals surface area contributed by atoms with Crippen LogP contribution in [0.1, 0.15) is 39.0 Å². The molecule has 2 atom stereocenters. The molecule has 0 aliphatic carbocycles. The average molecular weight is 274 g/mol. The van der Waals surface area contributed by atoms with Gasteiger partial charge < -0.3 is 20.9 Å². The number of nitrogens with one attached hydrogen (secondary N) is 1. The molecule has 110 valence electrons. The summed E-state index contributed by atoms with van der Waals surface area (Å²) < 4.78 is 4.42. The summed E-state index contributed by atoms with van der Waals surface area (Å²) in [7, 11) is 1.22. The molecular formula is C12H22N2O5. The normalized spacial score (nSPS) is 13.4. The lowest BCUT2D eigenvalue weighted by Gasteiger charge is -2.17. The van der Waals surface area contributed by atoms with E-state index in [1.165, 1.54) is 7.11 Å². The fourth-order valence-electron chi connectivity index (χ4n) is 1.46. The Hall–Kier alpha value is -1.63. The number of aliphatic carboxylic acids is 1. The van der Waals surface area contributed by atoms with E-state index in [1.54, 1.807) is 0 Å². The number of hydrogen-bond donors (Lipinski definition) is 3. The predicted molar refractivity (Wildman–Crippen MR) is 68.3 cm³/mol. The van der Waals surface area contributed by atoms with E-state index >= 15 is 0 Å². The molecule has 0 radical (unpaired) electrons. The Balaban J connectivity index is 4.29. The first-order chi connectivity index (χ1) is 8.92. The Morgan fingerprint density at radius 2 is 1.95 bits per heavy atom. The second-order valence-corrected chi connectivity index (χ2v) is 4.26. The standard InChI is InChI=1S/C12H22N2O5/c1-3-4-5-8(13)11(16)14-9(12(17)18)6-7-10(15)19-2/h8-9H,3-7,13H2,1-2H3,(H,14,16)(H,17,18)/t8-,9-/m0/s1. The molecule has 0 heterocycles. The van der Waals surface area contributed by atoms with E-state index < -0.39 is 29.9 Å². The number of ether oxygens (including phenoxy) is 1. The Kier molecular flexibility index (Phi) is 8.52. The van der Waals surface area contributed by atoms with Crippen molar-refractivity contribution in [3.63, 3.8) is 0 Å². The summed E-state index contributed by atoms with van der Waals surface area (Å²) in [4.78, 5) is 33.6. The number of esters is 1. The van der Waals surface area contributed by atoms with Crippen molar-refractivity contribution in [3.8, 4) is 0 Å². The Labute approximate surface area is 112 Å². The van der Waals surface area contributed by atoms with Gasteiger partial charge in [-0.1, -0.05) is 19.8 Å². The summed E-state index contributed by atoms with van der Waals surface area (Å²) in [5, 5.41) is 11.3. The minimum absolute atomic E-state index is 0.0196. The van der Waals surface area contributed by atoms with Crippen LogP contribution in [0.15, 0.2) is 0 Å². The number of amides is 1. The van der Waals surface area contributed by atoms with Gasteiger partial charge in [0.15, 0.2) is 0 Å². The summed E-state index contributed by atoms with van der Waals surface area (Å²) in [6, 6.07) is -1.85. The predicted octanol–water partition coefficient (Wildman–Crippen LogP) is 0.0265. The number of carboxylic acids is 1. The second-order valence-electron chi connectivity index (χ2n) is 4.26. The lowest BCUT2D eigenvalue weighted by molar-refractivity contribution is -0.144. The number of carboxylic acid groups (broad SMARTS) is 1. The number of carbonyl (C=O) groups excluding carboxylic acids is 2. The molecule has 4 N–H and O–H groups in total. The molecular weight excluding hydrogens is 252 g/mol. The number of nitrogens with two attached hydrogens (primary N) is 1. The highest BCUT2D eigenvalue weighted by atomic mass is 16.5. The maximum Gasteiger partial charge on any atom is 0.326 e. The average Bonchev–Trinajstić information content (AvgIpc) is 2.39. The van der Waals surface area contributed by atoms with Gasteiger partial charge in [0.2, 0.25) is 5.91 Å². The molecule has 0 aliphatic heterocycles. The third kappa shape index (κ3) is 7.40. The summed E-state index contributed by atoms with van der Waals surface area (Å²) in [6.45, 7) is 1.97. The maximum absolute atomic E-state index is 11.7. The van der Waals surface area contributed by atoms with E-state index in [0.29, 0.717) is 6.42 Å². The largest absolute Gasteiger partial charge is 0.480 e. The minimum Gasteiger partial charge on any atom is -0.480 e. The topological polar surface area (TPSA) is 119 Å². The van der Waals surface area contributed by atoms with Crippen molar-refractivity contribution in [1.29, 1.82) is 0 Å². The van der Waals surface area contributed by atoms with Crippen molar-refractivity contribution in [3.05, 3.63) is 0 Å². The lowest BCUT2D eigenvalue weighted by atomic mass is 10.1. The summed E-state index contributed by atoms with van der Waals surface area (Å²) in [6.07, 6.45) is 2.12. The molecule has 0 aromatic rings. The van der Waals surface area contributed by atoms with Crippen LogP contribution in [0.2, 0.25) is 0 Å². The van der Waals surface area contributed by atoms with Crippen LogP contribution in [-0.4, -0.2) is 42.1 Å². The molecule has 7 nitrogen and oxygen atoms in total. The van der Waals surface area contributed by atoms with Gasteiger partial charge in [-0.15, -0.1) is 0 Å². The van der Waals surface area contributed by atoms with Crippen LogP contribution in [-0.2, 0) is 19.1 Å². The van der Waals surface area contributed by atoms with Crippen molar-refractivity contribution in [2.75, 3.05) is 7.11 Å². The summed E-state index contributed by atoms with van der Waals surface area (Å²) >= 11 is 0. The Bertz CT molecular complexity index is 319. The molecule has 0 aliphatic rings. The molecule has 1 amide bonds. The van der Waals surface area contributed by atoms with E-state index in [-0.39, 0.29) is 12.8 Å². The molecule has 7 heteroatoms. The number of methoxy groups -OCH3 is 1. The number of hydrogen-bond acceptors (Lipinski definition) is 5.